The molecule has 0 unspecified atom stereocenters. The number of aromatic hydroxyl groups is 1. The van der Waals surface area contributed by atoms with Crippen molar-refractivity contribution in [3.8, 4) is 5.75 Å². The van der Waals surface area contributed by atoms with Gasteiger partial charge in [0, 0.05) is 26.2 Å². The van der Waals surface area contributed by atoms with E-state index in [4.69, 9.17) is 4.74 Å². The number of carbonyl (C=O) groups excluding carboxylic acids is 1. The molecule has 110 valence electrons. The van der Waals surface area contributed by atoms with Crippen LogP contribution in [0.25, 0.3) is 0 Å². The van der Waals surface area contributed by atoms with E-state index in [1.54, 1.807) is 4.90 Å². The molecule has 0 spiro atoms. The second-order valence-corrected chi connectivity index (χ2v) is 5.69. The van der Waals surface area contributed by atoms with Crippen molar-refractivity contribution in [3.05, 3.63) is 12.5 Å². The number of hydrogen-bond acceptors (Lipinski definition) is 6. The molecule has 0 saturated carbocycles. The molecular formula is C13H20N4O3. The minimum atomic E-state index is -0.487. The van der Waals surface area contributed by atoms with Crippen LogP contribution in [0.15, 0.2) is 12.5 Å². The second kappa shape index (κ2) is 5.52. The van der Waals surface area contributed by atoms with Crippen LogP contribution in [0, 0.1) is 0 Å². The van der Waals surface area contributed by atoms with Gasteiger partial charge in [-0.15, -0.1) is 0 Å². The molecule has 1 saturated heterocycles. The van der Waals surface area contributed by atoms with Crippen LogP contribution in [0.4, 0.5) is 10.6 Å². The van der Waals surface area contributed by atoms with Gasteiger partial charge in [0.2, 0.25) is 0 Å². The minimum Gasteiger partial charge on any atom is -0.503 e. The number of piperazine rings is 1. The Hall–Kier alpha value is -2.05. The summed E-state index contributed by atoms with van der Waals surface area (Å²) >= 11 is 0. The van der Waals surface area contributed by atoms with E-state index in [1.165, 1.54) is 12.5 Å². The highest BCUT2D eigenvalue weighted by molar-refractivity contribution is 5.68. The summed E-state index contributed by atoms with van der Waals surface area (Å²) < 4.78 is 5.34. The molecule has 1 amide bonds. The third-order valence-corrected chi connectivity index (χ3v) is 2.90. The lowest BCUT2D eigenvalue weighted by Crippen LogP contribution is -2.50. The molecule has 1 aliphatic rings. The van der Waals surface area contributed by atoms with Crippen LogP contribution in [-0.2, 0) is 4.74 Å². The van der Waals surface area contributed by atoms with Crippen molar-refractivity contribution in [1.82, 2.24) is 14.9 Å². The zero-order valence-electron chi connectivity index (χ0n) is 12.0. The van der Waals surface area contributed by atoms with Gasteiger partial charge in [0.1, 0.15) is 11.9 Å². The largest absolute Gasteiger partial charge is 0.503 e. The Bertz CT molecular complexity index is 479. The Morgan fingerprint density at radius 1 is 1.30 bits per heavy atom. The third kappa shape index (κ3) is 3.49. The van der Waals surface area contributed by atoms with Crippen molar-refractivity contribution in [2.75, 3.05) is 31.1 Å². The molecular weight excluding hydrogens is 260 g/mol. The number of rotatable bonds is 1. The lowest BCUT2D eigenvalue weighted by molar-refractivity contribution is 0.0240. The normalized spacial score (nSPS) is 16.1. The summed E-state index contributed by atoms with van der Waals surface area (Å²) in [7, 11) is 0. The van der Waals surface area contributed by atoms with Crippen LogP contribution in [0.5, 0.6) is 5.75 Å². The van der Waals surface area contributed by atoms with Crippen LogP contribution >= 0.6 is 0 Å². The summed E-state index contributed by atoms with van der Waals surface area (Å²) in [5.41, 5.74) is -0.487. The molecule has 0 radical (unpaired) electrons. The Morgan fingerprint density at radius 3 is 2.50 bits per heavy atom. The number of nitrogens with zero attached hydrogens (tertiary/aromatic N) is 4. The summed E-state index contributed by atoms with van der Waals surface area (Å²) in [6.45, 7) is 7.82. The summed E-state index contributed by atoms with van der Waals surface area (Å²) in [5.74, 6) is 0.557. The Kier molecular flexibility index (Phi) is 3.96. The predicted molar refractivity (Wildman–Crippen MR) is 73.7 cm³/mol. The molecule has 1 N–H and O–H groups in total. The number of amides is 1. The average Bonchev–Trinajstić information content (AvgIpc) is 2.37. The van der Waals surface area contributed by atoms with Crippen molar-refractivity contribution < 1.29 is 14.6 Å². The second-order valence-electron chi connectivity index (χ2n) is 5.69. The lowest BCUT2D eigenvalue weighted by atomic mass is 10.2. The number of aromatic nitrogens is 2. The van der Waals surface area contributed by atoms with Crippen LogP contribution in [0.2, 0.25) is 0 Å². The Balaban J connectivity index is 1.93. The molecule has 20 heavy (non-hydrogen) atoms. The van der Waals surface area contributed by atoms with Gasteiger partial charge in [-0.1, -0.05) is 0 Å². The first-order valence-corrected chi connectivity index (χ1v) is 6.58. The molecule has 0 aliphatic carbocycles. The van der Waals surface area contributed by atoms with Gasteiger partial charge < -0.3 is 19.6 Å². The van der Waals surface area contributed by atoms with Crippen LogP contribution in [0.3, 0.4) is 0 Å². The van der Waals surface area contributed by atoms with E-state index >= 15 is 0 Å². The first-order valence-electron chi connectivity index (χ1n) is 6.58. The Morgan fingerprint density at radius 2 is 1.95 bits per heavy atom. The zero-order valence-corrected chi connectivity index (χ0v) is 12.0. The molecule has 1 aromatic rings. The van der Waals surface area contributed by atoms with E-state index < -0.39 is 5.60 Å². The highest BCUT2D eigenvalue weighted by atomic mass is 16.6. The van der Waals surface area contributed by atoms with Crippen LogP contribution in [0.1, 0.15) is 20.8 Å². The van der Waals surface area contributed by atoms with Gasteiger partial charge in [-0.05, 0) is 20.8 Å². The average molecular weight is 280 g/mol. The maximum atomic E-state index is 11.9. The number of hydrogen-bond donors (Lipinski definition) is 1. The van der Waals surface area contributed by atoms with E-state index in [2.05, 4.69) is 9.97 Å². The molecule has 0 atom stereocenters. The summed E-state index contributed by atoms with van der Waals surface area (Å²) in [5, 5.41) is 9.72. The van der Waals surface area contributed by atoms with E-state index in [9.17, 15) is 9.90 Å². The fourth-order valence-corrected chi connectivity index (χ4v) is 1.99. The molecule has 1 fully saturated rings. The number of anilines is 1. The minimum absolute atomic E-state index is 0.0539. The lowest BCUT2D eigenvalue weighted by Gasteiger charge is -2.36. The molecule has 0 aromatic carbocycles. The van der Waals surface area contributed by atoms with Gasteiger partial charge in [0.25, 0.3) is 0 Å². The number of carbonyl (C=O) groups is 1. The summed E-state index contributed by atoms with van der Waals surface area (Å²) in [4.78, 5) is 23.3. The highest BCUT2D eigenvalue weighted by Gasteiger charge is 2.27. The van der Waals surface area contributed by atoms with Gasteiger partial charge in [-0.25, -0.2) is 14.8 Å². The molecule has 7 nitrogen and oxygen atoms in total. The standard InChI is InChI=1S/C13H20N4O3/c1-13(2,3)20-12(19)17-6-4-16(5-7-17)11-10(18)8-14-9-15-11/h8-9,18H,4-7H2,1-3H3. The predicted octanol–water partition coefficient (Wildman–Crippen LogP) is 1.24. The van der Waals surface area contributed by atoms with Crippen LogP contribution in [-0.4, -0.2) is 57.8 Å². The Labute approximate surface area is 118 Å². The third-order valence-electron chi connectivity index (χ3n) is 2.90. The molecule has 2 heterocycles. The fraction of sp³-hybridized carbons (Fsp3) is 0.615. The SMILES string of the molecule is CC(C)(C)OC(=O)N1CCN(c2ncncc2O)CC1. The molecule has 7 heteroatoms. The summed E-state index contributed by atoms with van der Waals surface area (Å²) in [6, 6.07) is 0. The smallest absolute Gasteiger partial charge is 0.410 e. The first kappa shape index (κ1) is 14.4. The first-order chi connectivity index (χ1) is 9.37. The quantitative estimate of drug-likeness (QED) is 0.833. The van der Waals surface area contributed by atoms with Gasteiger partial charge in [-0.3, -0.25) is 0 Å². The van der Waals surface area contributed by atoms with Gasteiger partial charge >= 0.3 is 6.09 Å². The maximum absolute atomic E-state index is 11.9. The van der Waals surface area contributed by atoms with Crippen LogP contribution < -0.4 is 4.90 Å². The van der Waals surface area contributed by atoms with Crippen molar-refractivity contribution in [1.29, 1.82) is 0 Å². The molecule has 1 aromatic heterocycles. The van der Waals surface area contributed by atoms with Crippen molar-refractivity contribution in [2.24, 2.45) is 0 Å². The van der Waals surface area contributed by atoms with Crippen molar-refractivity contribution in [2.45, 2.75) is 26.4 Å². The number of ether oxygens (including phenoxy) is 1. The van der Waals surface area contributed by atoms with Crippen molar-refractivity contribution in [3.63, 3.8) is 0 Å². The van der Waals surface area contributed by atoms with E-state index in [-0.39, 0.29) is 11.8 Å². The van der Waals surface area contributed by atoms with Gasteiger partial charge in [0.05, 0.1) is 6.20 Å². The van der Waals surface area contributed by atoms with Crippen molar-refractivity contribution >= 4 is 11.9 Å². The van der Waals surface area contributed by atoms with Gasteiger partial charge in [-0.2, -0.15) is 0 Å². The highest BCUT2D eigenvalue weighted by Crippen LogP contribution is 2.23. The van der Waals surface area contributed by atoms with E-state index in [0.29, 0.717) is 32.0 Å². The monoisotopic (exact) mass is 280 g/mol. The topological polar surface area (TPSA) is 78.8 Å². The van der Waals surface area contributed by atoms with E-state index in [1.807, 2.05) is 25.7 Å². The van der Waals surface area contributed by atoms with Gasteiger partial charge in [0.15, 0.2) is 11.6 Å². The summed E-state index contributed by atoms with van der Waals surface area (Å²) in [6.07, 6.45) is 2.46. The molecule has 1 aliphatic heterocycles. The van der Waals surface area contributed by atoms with E-state index in [0.717, 1.165) is 0 Å². The fourth-order valence-electron chi connectivity index (χ4n) is 1.99. The zero-order chi connectivity index (χ0) is 14.8. The molecule has 2 rings (SSSR count). The maximum Gasteiger partial charge on any atom is 0.410 e. The molecule has 0 bridgehead atoms.